The summed E-state index contributed by atoms with van der Waals surface area (Å²) < 4.78 is 0.721. The second-order valence-electron chi connectivity index (χ2n) is 7.61. The molecule has 3 aliphatic heterocycles. The molecule has 1 nitrogen and oxygen atoms in total. The second kappa shape index (κ2) is 7.51. The number of halogens is 2. The minimum absolute atomic E-state index is 0. The molecule has 1 aromatic carbocycles. The topological polar surface area (TPSA) is 12.4 Å². The molecule has 0 amide bonds. The van der Waals surface area contributed by atoms with Crippen LogP contribution in [0.1, 0.15) is 35.5 Å². The fourth-order valence-corrected chi connectivity index (χ4v) is 9.23. The van der Waals surface area contributed by atoms with E-state index in [1.807, 2.05) is 0 Å². The van der Waals surface area contributed by atoms with Crippen molar-refractivity contribution in [1.82, 2.24) is 0 Å². The molecule has 0 saturated carbocycles. The van der Waals surface area contributed by atoms with Crippen LogP contribution in [0.5, 0.6) is 0 Å². The van der Waals surface area contributed by atoms with E-state index in [0.717, 1.165) is 3.63 Å². The van der Waals surface area contributed by atoms with Crippen LogP contribution < -0.4 is 24.8 Å². The van der Waals surface area contributed by atoms with Crippen LogP contribution >= 0.6 is 0 Å². The number of aliphatic imine (C=N–C) groups is 1. The monoisotopic (exact) mass is 476 g/mol. The fourth-order valence-electron chi connectivity index (χ4n) is 4.54. The van der Waals surface area contributed by atoms with Gasteiger partial charge >= 0.3 is 82.3 Å². The summed E-state index contributed by atoms with van der Waals surface area (Å²) in [5.74, 6) is 0. The molecule has 1 atom stereocenters. The summed E-state index contributed by atoms with van der Waals surface area (Å²) in [5.41, 5.74) is 9.95. The first-order valence-electron chi connectivity index (χ1n) is 8.55. The van der Waals surface area contributed by atoms with Crippen LogP contribution in [0.15, 0.2) is 68.1 Å². The maximum absolute atomic E-state index is 4.62. The predicted molar refractivity (Wildman–Crippen MR) is 101 cm³/mol. The van der Waals surface area contributed by atoms with Gasteiger partial charge in [0.05, 0.1) is 5.70 Å². The van der Waals surface area contributed by atoms with Gasteiger partial charge in [-0.2, -0.15) is 0 Å². The number of nitrogens with zero attached hydrogens (tertiary/aromatic N) is 1. The summed E-state index contributed by atoms with van der Waals surface area (Å²) in [6.45, 7) is 11.4. The van der Waals surface area contributed by atoms with E-state index in [0.29, 0.717) is 0 Å². The summed E-state index contributed by atoms with van der Waals surface area (Å²) in [5, 5.41) is 3.28. The third kappa shape index (κ3) is 3.05. The van der Waals surface area contributed by atoms with Gasteiger partial charge in [-0.25, -0.2) is 0 Å². The Balaban J connectivity index is 0.000000176. The van der Waals surface area contributed by atoms with E-state index >= 15 is 0 Å². The van der Waals surface area contributed by atoms with Crippen molar-refractivity contribution in [3.05, 3.63) is 74.3 Å². The summed E-state index contributed by atoms with van der Waals surface area (Å²) in [6, 6.07) is 8.67. The summed E-state index contributed by atoms with van der Waals surface area (Å²) in [6.07, 6.45) is 4.55. The van der Waals surface area contributed by atoms with Gasteiger partial charge in [-0.05, 0) is 35.9 Å². The Morgan fingerprint density at radius 1 is 0.962 bits per heavy atom. The van der Waals surface area contributed by atoms with Gasteiger partial charge in [-0.15, -0.1) is 0 Å². The van der Waals surface area contributed by atoms with Crippen LogP contribution in [0.25, 0.3) is 6.08 Å². The molecular formula is C21H22Cl2NSiZr. The molecule has 26 heavy (non-hydrogen) atoms. The van der Waals surface area contributed by atoms with Crippen LogP contribution in [0.3, 0.4) is 0 Å². The average molecular weight is 479 g/mol. The van der Waals surface area contributed by atoms with Crippen molar-refractivity contribution < 1.29 is 49.5 Å². The Labute approximate surface area is 185 Å². The van der Waals surface area contributed by atoms with E-state index in [4.69, 9.17) is 0 Å². The van der Waals surface area contributed by atoms with Gasteiger partial charge in [0, 0.05) is 11.3 Å². The molecule has 1 unspecified atom stereocenters. The van der Waals surface area contributed by atoms with Crippen molar-refractivity contribution in [2.75, 3.05) is 0 Å². The standard InChI is InChI=1S/C11H13NSi.C10H9.2ClH.Zr/c1-6-5-8-9(12-6)11-7(2)10(8)13(11,3)4;1-8-6-9-4-2-3-5-10(9)7-8;;;/h5H,1-4H3;2-7H,1H3;2*1H;/q;;;;+2/p-2. The molecule has 0 saturated heterocycles. The molecule has 133 valence electrons. The van der Waals surface area contributed by atoms with Crippen molar-refractivity contribution in [2.24, 2.45) is 4.99 Å². The first-order chi connectivity index (χ1) is 11.3. The smallest absolute Gasteiger partial charge is 0.116 e. The van der Waals surface area contributed by atoms with Gasteiger partial charge in [-0.3, -0.25) is 4.99 Å². The quantitative estimate of drug-likeness (QED) is 0.445. The van der Waals surface area contributed by atoms with E-state index in [-0.39, 0.29) is 24.8 Å². The van der Waals surface area contributed by atoms with Gasteiger partial charge in [0.25, 0.3) is 0 Å². The first kappa shape index (κ1) is 21.8. The van der Waals surface area contributed by atoms with Gasteiger partial charge in [0.1, 0.15) is 8.07 Å². The minimum Gasteiger partial charge on any atom is -1.00 e. The summed E-state index contributed by atoms with van der Waals surface area (Å²) in [4.78, 5) is 4.62. The van der Waals surface area contributed by atoms with Crippen LogP contribution in [0, 0.1) is 0 Å². The zero-order valence-corrected chi connectivity index (χ0v) is 20.7. The second-order valence-corrected chi connectivity index (χ2v) is 13.3. The molecule has 0 aromatic heterocycles. The Bertz CT molecular complexity index is 935. The van der Waals surface area contributed by atoms with E-state index in [2.05, 4.69) is 75.3 Å². The van der Waals surface area contributed by atoms with Gasteiger partial charge in [0.15, 0.2) is 0 Å². The largest absolute Gasteiger partial charge is 1.00 e. The van der Waals surface area contributed by atoms with Gasteiger partial charge in [-0.1, -0.05) is 13.1 Å². The third-order valence-corrected chi connectivity index (χ3v) is 11.2. The molecule has 2 bridgehead atoms. The fraction of sp³-hybridized carbons (Fsp3) is 0.286. The van der Waals surface area contributed by atoms with Crippen molar-refractivity contribution in [1.29, 1.82) is 0 Å². The summed E-state index contributed by atoms with van der Waals surface area (Å²) >= 11 is 1.60. The van der Waals surface area contributed by atoms with E-state index < -0.39 is 8.07 Å². The summed E-state index contributed by atoms with van der Waals surface area (Å²) in [7, 11) is -1.15. The normalized spacial score (nSPS) is 22.7. The first-order valence-corrected chi connectivity index (χ1v) is 13.0. The molecule has 5 aliphatic rings. The Morgan fingerprint density at radius 3 is 2.19 bits per heavy atom. The van der Waals surface area contributed by atoms with E-state index in [9.17, 15) is 0 Å². The van der Waals surface area contributed by atoms with Gasteiger partial charge < -0.3 is 24.8 Å². The third-order valence-electron chi connectivity index (χ3n) is 5.55. The molecule has 0 fully saturated rings. The molecule has 5 heteroatoms. The Kier molecular flexibility index (Phi) is 6.30. The van der Waals surface area contributed by atoms with Crippen LogP contribution in [-0.4, -0.2) is 13.8 Å². The molecule has 2 aliphatic carbocycles. The average Bonchev–Trinajstić information content (AvgIpc) is 3.15. The number of benzene rings is 1. The molecule has 3 heterocycles. The number of hydrogen-bond acceptors (Lipinski definition) is 1. The Hall–Kier alpha value is -0.470. The van der Waals surface area contributed by atoms with Crippen LogP contribution in [0.4, 0.5) is 0 Å². The maximum atomic E-state index is 4.62. The van der Waals surface area contributed by atoms with Crippen molar-refractivity contribution in [2.45, 2.75) is 37.5 Å². The zero-order valence-electron chi connectivity index (χ0n) is 15.7. The molecule has 6 rings (SSSR count). The number of fused-ring (bicyclic) bond motifs is 1. The van der Waals surface area contributed by atoms with Crippen LogP contribution in [-0.2, 0) is 24.7 Å². The van der Waals surface area contributed by atoms with E-state index in [1.54, 1.807) is 35.1 Å². The van der Waals surface area contributed by atoms with Crippen LogP contribution in [0.2, 0.25) is 13.1 Å². The van der Waals surface area contributed by atoms with Crippen molar-refractivity contribution in [3.8, 4) is 0 Å². The molecule has 0 N–H and O–H groups in total. The molecule has 1 aromatic rings. The molecule has 0 radical (unpaired) electrons. The van der Waals surface area contributed by atoms with E-state index in [1.165, 1.54) is 39.3 Å². The molecule has 0 spiro atoms. The Morgan fingerprint density at radius 2 is 1.62 bits per heavy atom. The van der Waals surface area contributed by atoms with Gasteiger partial charge in [0.2, 0.25) is 0 Å². The number of hydrogen-bond donors (Lipinski definition) is 0. The van der Waals surface area contributed by atoms with Crippen molar-refractivity contribution in [3.63, 3.8) is 0 Å². The SMILES string of the molecule is CC1=Cc2ccccc2[CH]1[Zr+2].CC1=NC2=C3C(C)=C(C2=C1)[Si]3(C)C.[Cl-].[Cl-]. The molecular weight excluding hydrogens is 456 g/mol. The predicted octanol–water partition coefficient (Wildman–Crippen LogP) is -0.529. The minimum atomic E-state index is -1.15. The number of rotatable bonds is 0. The number of allylic oxidation sites excluding steroid dienone is 5. The zero-order chi connectivity index (χ0) is 17.2. The van der Waals surface area contributed by atoms with Crippen molar-refractivity contribution >= 4 is 19.9 Å². The maximum Gasteiger partial charge on any atom is 0.116 e.